The van der Waals surface area contributed by atoms with Crippen molar-refractivity contribution in [2.45, 2.75) is 25.9 Å². The summed E-state index contributed by atoms with van der Waals surface area (Å²) in [7, 11) is 0. The molecule has 5 nitrogen and oxygen atoms in total. The SMILES string of the molecule is CCC1OCCC1CNc1cc(C(=O)O)ccc1N. The number of carbonyl (C=O) groups is 1. The predicted molar refractivity (Wildman–Crippen MR) is 74.4 cm³/mol. The zero-order valence-corrected chi connectivity index (χ0v) is 11.1. The average molecular weight is 264 g/mol. The molecule has 1 fully saturated rings. The van der Waals surface area contributed by atoms with Gasteiger partial charge in [0.2, 0.25) is 0 Å². The van der Waals surface area contributed by atoms with Crippen LogP contribution in [0, 0.1) is 5.92 Å². The summed E-state index contributed by atoms with van der Waals surface area (Å²) in [5.41, 5.74) is 7.35. The molecule has 0 saturated carbocycles. The van der Waals surface area contributed by atoms with Crippen molar-refractivity contribution in [3.63, 3.8) is 0 Å². The van der Waals surface area contributed by atoms with Gasteiger partial charge in [-0.15, -0.1) is 0 Å². The molecule has 0 radical (unpaired) electrons. The molecular weight excluding hydrogens is 244 g/mol. The van der Waals surface area contributed by atoms with Crippen molar-refractivity contribution in [1.29, 1.82) is 0 Å². The van der Waals surface area contributed by atoms with E-state index < -0.39 is 5.97 Å². The average Bonchev–Trinajstić information content (AvgIpc) is 2.85. The van der Waals surface area contributed by atoms with E-state index in [1.807, 2.05) is 0 Å². The van der Waals surface area contributed by atoms with Crippen molar-refractivity contribution in [2.75, 3.05) is 24.2 Å². The van der Waals surface area contributed by atoms with Gasteiger partial charge in [-0.3, -0.25) is 0 Å². The summed E-state index contributed by atoms with van der Waals surface area (Å²) in [6.45, 7) is 3.67. The fourth-order valence-electron chi connectivity index (χ4n) is 2.46. The van der Waals surface area contributed by atoms with E-state index in [1.165, 1.54) is 6.07 Å². The first kappa shape index (κ1) is 13.7. The van der Waals surface area contributed by atoms with Gasteiger partial charge in [-0.1, -0.05) is 6.92 Å². The van der Waals surface area contributed by atoms with Gasteiger partial charge in [0.05, 0.1) is 23.0 Å². The number of anilines is 2. The quantitative estimate of drug-likeness (QED) is 0.710. The molecule has 0 spiro atoms. The van der Waals surface area contributed by atoms with E-state index in [0.717, 1.165) is 26.0 Å². The molecule has 5 heteroatoms. The Labute approximate surface area is 112 Å². The number of rotatable bonds is 5. The molecule has 1 aliphatic heterocycles. The van der Waals surface area contributed by atoms with Crippen LogP contribution in [0.1, 0.15) is 30.1 Å². The topological polar surface area (TPSA) is 84.6 Å². The first-order valence-corrected chi connectivity index (χ1v) is 6.60. The van der Waals surface area contributed by atoms with Crippen LogP contribution in [0.5, 0.6) is 0 Å². The Bertz CT molecular complexity index is 462. The van der Waals surface area contributed by atoms with E-state index in [4.69, 9.17) is 15.6 Å². The third-order valence-corrected chi connectivity index (χ3v) is 3.60. The van der Waals surface area contributed by atoms with E-state index in [2.05, 4.69) is 12.2 Å². The fraction of sp³-hybridized carbons (Fsp3) is 0.500. The van der Waals surface area contributed by atoms with Crippen molar-refractivity contribution in [3.05, 3.63) is 23.8 Å². The highest BCUT2D eigenvalue weighted by atomic mass is 16.5. The Morgan fingerprint density at radius 2 is 2.37 bits per heavy atom. The zero-order valence-electron chi connectivity index (χ0n) is 11.1. The summed E-state index contributed by atoms with van der Waals surface area (Å²) >= 11 is 0. The molecule has 1 aliphatic rings. The number of carboxylic acids is 1. The normalized spacial score (nSPS) is 22.4. The lowest BCUT2D eigenvalue weighted by Gasteiger charge is -2.18. The lowest BCUT2D eigenvalue weighted by molar-refractivity contribution is 0.0697. The van der Waals surface area contributed by atoms with Gasteiger partial charge in [-0.25, -0.2) is 4.79 Å². The molecule has 104 valence electrons. The molecule has 0 amide bonds. The molecular formula is C14H20N2O3. The second kappa shape index (κ2) is 5.93. The van der Waals surface area contributed by atoms with E-state index in [1.54, 1.807) is 12.1 Å². The summed E-state index contributed by atoms with van der Waals surface area (Å²) in [5.74, 6) is -0.489. The fourth-order valence-corrected chi connectivity index (χ4v) is 2.46. The van der Waals surface area contributed by atoms with Crippen molar-refractivity contribution in [2.24, 2.45) is 5.92 Å². The van der Waals surface area contributed by atoms with Crippen molar-refractivity contribution >= 4 is 17.3 Å². The van der Waals surface area contributed by atoms with Gasteiger partial charge < -0.3 is 20.9 Å². The standard InChI is InChI=1S/C14H20N2O3/c1-2-13-10(5-6-19-13)8-16-12-7-9(14(17)18)3-4-11(12)15/h3-4,7,10,13,16H,2,5-6,8,15H2,1H3,(H,17,18). The molecule has 2 rings (SSSR count). The lowest BCUT2D eigenvalue weighted by atomic mass is 9.99. The summed E-state index contributed by atoms with van der Waals surface area (Å²) in [6.07, 6.45) is 2.32. The monoisotopic (exact) mass is 264 g/mol. The van der Waals surface area contributed by atoms with Gasteiger partial charge in [-0.2, -0.15) is 0 Å². The van der Waals surface area contributed by atoms with Crippen molar-refractivity contribution in [1.82, 2.24) is 0 Å². The minimum atomic E-state index is -0.946. The molecule has 0 aliphatic carbocycles. The molecule has 1 saturated heterocycles. The minimum absolute atomic E-state index is 0.242. The van der Waals surface area contributed by atoms with Crippen LogP contribution < -0.4 is 11.1 Å². The molecule has 1 aromatic rings. The third-order valence-electron chi connectivity index (χ3n) is 3.60. The van der Waals surface area contributed by atoms with Gasteiger partial charge in [-0.05, 0) is 31.0 Å². The molecule has 19 heavy (non-hydrogen) atoms. The highest BCUT2D eigenvalue weighted by Crippen LogP contribution is 2.26. The van der Waals surface area contributed by atoms with E-state index in [0.29, 0.717) is 17.3 Å². The Hall–Kier alpha value is -1.75. The Kier molecular flexibility index (Phi) is 4.27. The van der Waals surface area contributed by atoms with E-state index >= 15 is 0 Å². The summed E-state index contributed by atoms with van der Waals surface area (Å²) < 4.78 is 5.63. The van der Waals surface area contributed by atoms with Crippen LogP contribution in [0.2, 0.25) is 0 Å². The second-order valence-electron chi connectivity index (χ2n) is 4.85. The van der Waals surface area contributed by atoms with Crippen LogP contribution in [0.3, 0.4) is 0 Å². The maximum Gasteiger partial charge on any atom is 0.335 e. The number of nitrogens with two attached hydrogens (primary N) is 1. The van der Waals surface area contributed by atoms with Crippen LogP contribution in [0.4, 0.5) is 11.4 Å². The number of hydrogen-bond donors (Lipinski definition) is 3. The van der Waals surface area contributed by atoms with Gasteiger partial charge >= 0.3 is 5.97 Å². The predicted octanol–water partition coefficient (Wildman–Crippen LogP) is 2.19. The summed E-state index contributed by atoms with van der Waals surface area (Å²) in [4.78, 5) is 10.9. The molecule has 2 atom stereocenters. The molecule has 0 aromatic heterocycles. The van der Waals surface area contributed by atoms with Gasteiger partial charge in [0, 0.05) is 19.1 Å². The Morgan fingerprint density at radius 1 is 1.58 bits per heavy atom. The van der Waals surface area contributed by atoms with E-state index in [9.17, 15) is 4.79 Å². The van der Waals surface area contributed by atoms with Gasteiger partial charge in [0.25, 0.3) is 0 Å². The Balaban J connectivity index is 2.02. The zero-order chi connectivity index (χ0) is 13.8. The number of nitrogen functional groups attached to an aromatic ring is 1. The molecule has 2 unspecified atom stereocenters. The number of benzene rings is 1. The van der Waals surface area contributed by atoms with Crippen LogP contribution >= 0.6 is 0 Å². The highest BCUT2D eigenvalue weighted by molar-refractivity contribution is 5.90. The third kappa shape index (κ3) is 3.17. The number of carboxylic acid groups (broad SMARTS) is 1. The van der Waals surface area contributed by atoms with E-state index in [-0.39, 0.29) is 11.7 Å². The molecule has 4 N–H and O–H groups in total. The highest BCUT2D eigenvalue weighted by Gasteiger charge is 2.26. The second-order valence-corrected chi connectivity index (χ2v) is 4.85. The molecule has 1 heterocycles. The number of ether oxygens (including phenoxy) is 1. The number of hydrogen-bond acceptors (Lipinski definition) is 4. The van der Waals surface area contributed by atoms with Gasteiger partial charge in [0.1, 0.15) is 0 Å². The minimum Gasteiger partial charge on any atom is -0.478 e. The first-order chi connectivity index (χ1) is 9.11. The van der Waals surface area contributed by atoms with Crippen molar-refractivity contribution in [3.8, 4) is 0 Å². The van der Waals surface area contributed by atoms with Crippen LogP contribution in [-0.2, 0) is 4.74 Å². The number of aromatic carboxylic acids is 1. The van der Waals surface area contributed by atoms with Crippen LogP contribution in [0.25, 0.3) is 0 Å². The maximum absolute atomic E-state index is 10.9. The lowest BCUT2D eigenvalue weighted by Crippen LogP contribution is -2.23. The first-order valence-electron chi connectivity index (χ1n) is 6.60. The summed E-state index contributed by atoms with van der Waals surface area (Å²) in [6, 6.07) is 4.71. The van der Waals surface area contributed by atoms with Crippen LogP contribution in [0.15, 0.2) is 18.2 Å². The largest absolute Gasteiger partial charge is 0.478 e. The summed E-state index contributed by atoms with van der Waals surface area (Å²) in [5, 5.41) is 12.2. The maximum atomic E-state index is 10.9. The Morgan fingerprint density at radius 3 is 3.05 bits per heavy atom. The smallest absolute Gasteiger partial charge is 0.335 e. The van der Waals surface area contributed by atoms with Crippen molar-refractivity contribution < 1.29 is 14.6 Å². The molecule has 1 aromatic carbocycles. The van der Waals surface area contributed by atoms with Gasteiger partial charge in [0.15, 0.2) is 0 Å². The number of nitrogens with one attached hydrogen (secondary N) is 1. The molecule has 0 bridgehead atoms. The van der Waals surface area contributed by atoms with Crippen LogP contribution in [-0.4, -0.2) is 30.3 Å².